The minimum absolute atomic E-state index is 0.141. The molecule has 0 spiro atoms. The Morgan fingerprint density at radius 2 is 1.81 bits per heavy atom. The van der Waals surface area contributed by atoms with Gasteiger partial charge in [0.2, 0.25) is 5.91 Å². The van der Waals surface area contributed by atoms with Crippen LogP contribution in [-0.2, 0) is 24.8 Å². The predicted octanol–water partition coefficient (Wildman–Crippen LogP) is 3.47. The molecule has 2 aromatic carbocycles. The molecule has 1 N–H and O–H groups in total. The maximum absolute atomic E-state index is 13.1. The number of hydrogen-bond donors (Lipinski definition) is 1. The van der Waals surface area contributed by atoms with E-state index in [2.05, 4.69) is 22.3 Å². The molecule has 4 aromatic rings. The SMILES string of the molecule is CCc1ccc(NC(=O)CSc2nc3cn(C)nc3c(=O)n2Cc2ccccc2)cc1. The van der Waals surface area contributed by atoms with Crippen LogP contribution in [0.3, 0.4) is 0 Å². The molecule has 0 saturated carbocycles. The van der Waals surface area contributed by atoms with Crippen molar-refractivity contribution < 1.29 is 4.79 Å². The maximum atomic E-state index is 13.1. The topological polar surface area (TPSA) is 81.8 Å². The zero-order valence-corrected chi connectivity index (χ0v) is 18.2. The van der Waals surface area contributed by atoms with Crippen molar-refractivity contribution in [2.75, 3.05) is 11.1 Å². The molecule has 8 heteroatoms. The molecule has 0 atom stereocenters. The molecule has 0 radical (unpaired) electrons. The van der Waals surface area contributed by atoms with Crippen LogP contribution in [0.15, 0.2) is 70.7 Å². The summed E-state index contributed by atoms with van der Waals surface area (Å²) in [6.07, 6.45) is 2.66. The Bertz CT molecular complexity index is 1260. The lowest BCUT2D eigenvalue weighted by Crippen LogP contribution is -2.25. The second-order valence-electron chi connectivity index (χ2n) is 7.20. The third kappa shape index (κ3) is 4.86. The number of thioether (sulfide) groups is 1. The number of carbonyl (C=O) groups is 1. The van der Waals surface area contributed by atoms with E-state index >= 15 is 0 Å². The molecule has 0 aliphatic heterocycles. The Morgan fingerprint density at radius 1 is 1.06 bits per heavy atom. The fourth-order valence-electron chi connectivity index (χ4n) is 3.25. The van der Waals surface area contributed by atoms with Gasteiger partial charge in [-0.1, -0.05) is 61.2 Å². The van der Waals surface area contributed by atoms with Gasteiger partial charge in [-0.25, -0.2) is 4.98 Å². The molecule has 0 aliphatic carbocycles. The number of carbonyl (C=O) groups excluding carboxylic acids is 1. The van der Waals surface area contributed by atoms with Crippen LogP contribution in [0.25, 0.3) is 11.0 Å². The number of fused-ring (bicyclic) bond motifs is 1. The fourth-order valence-corrected chi connectivity index (χ4v) is 4.05. The van der Waals surface area contributed by atoms with Crippen molar-refractivity contribution in [3.63, 3.8) is 0 Å². The highest BCUT2D eigenvalue weighted by Gasteiger charge is 2.16. The Kier molecular flexibility index (Phi) is 6.18. The van der Waals surface area contributed by atoms with Crippen molar-refractivity contribution in [3.05, 3.63) is 82.3 Å². The highest BCUT2D eigenvalue weighted by molar-refractivity contribution is 7.99. The Morgan fingerprint density at radius 3 is 2.52 bits per heavy atom. The summed E-state index contributed by atoms with van der Waals surface area (Å²) < 4.78 is 3.16. The van der Waals surface area contributed by atoms with Gasteiger partial charge in [0.05, 0.1) is 18.5 Å². The number of aryl methyl sites for hydroxylation is 2. The van der Waals surface area contributed by atoms with Crippen molar-refractivity contribution in [3.8, 4) is 0 Å². The third-order valence-corrected chi connectivity index (χ3v) is 5.84. The Balaban J connectivity index is 1.57. The summed E-state index contributed by atoms with van der Waals surface area (Å²) in [6, 6.07) is 17.5. The maximum Gasteiger partial charge on any atom is 0.282 e. The van der Waals surface area contributed by atoms with Gasteiger partial charge in [-0.3, -0.25) is 18.8 Å². The second kappa shape index (κ2) is 9.18. The lowest BCUT2D eigenvalue weighted by molar-refractivity contribution is -0.113. The monoisotopic (exact) mass is 433 g/mol. The summed E-state index contributed by atoms with van der Waals surface area (Å²) >= 11 is 1.24. The van der Waals surface area contributed by atoms with Crippen LogP contribution in [0.5, 0.6) is 0 Å². The van der Waals surface area contributed by atoms with E-state index in [1.807, 2.05) is 54.6 Å². The van der Waals surface area contributed by atoms with E-state index in [0.29, 0.717) is 22.7 Å². The summed E-state index contributed by atoms with van der Waals surface area (Å²) in [5, 5.41) is 7.64. The molecule has 0 bridgehead atoms. The van der Waals surface area contributed by atoms with Crippen molar-refractivity contribution in [2.24, 2.45) is 7.05 Å². The number of amides is 1. The molecule has 158 valence electrons. The molecule has 0 fully saturated rings. The molecule has 2 aromatic heterocycles. The van der Waals surface area contributed by atoms with E-state index in [9.17, 15) is 9.59 Å². The first kappa shape index (κ1) is 20.9. The highest BCUT2D eigenvalue weighted by Crippen LogP contribution is 2.19. The largest absolute Gasteiger partial charge is 0.325 e. The van der Waals surface area contributed by atoms with Gasteiger partial charge < -0.3 is 5.32 Å². The van der Waals surface area contributed by atoms with Crippen LogP contribution >= 0.6 is 11.8 Å². The summed E-state index contributed by atoms with van der Waals surface area (Å²) in [5.74, 6) is -0.0104. The van der Waals surface area contributed by atoms with Gasteiger partial charge >= 0.3 is 0 Å². The summed E-state index contributed by atoms with van der Waals surface area (Å²) in [5.41, 5.74) is 3.57. The molecule has 4 rings (SSSR count). The van der Waals surface area contributed by atoms with Crippen molar-refractivity contribution in [1.29, 1.82) is 0 Å². The third-order valence-electron chi connectivity index (χ3n) is 4.87. The zero-order chi connectivity index (χ0) is 21.8. The van der Waals surface area contributed by atoms with Crippen LogP contribution in [0.2, 0.25) is 0 Å². The molecular weight excluding hydrogens is 410 g/mol. The lowest BCUT2D eigenvalue weighted by atomic mass is 10.1. The van der Waals surface area contributed by atoms with E-state index in [-0.39, 0.29) is 17.2 Å². The normalized spacial score (nSPS) is 11.0. The minimum atomic E-state index is -0.215. The minimum Gasteiger partial charge on any atom is -0.325 e. The quantitative estimate of drug-likeness (QED) is 0.357. The molecular formula is C23H23N5O2S. The van der Waals surface area contributed by atoms with Gasteiger partial charge in [0.1, 0.15) is 5.52 Å². The summed E-state index contributed by atoms with van der Waals surface area (Å²) in [6.45, 7) is 2.45. The van der Waals surface area contributed by atoms with Crippen LogP contribution < -0.4 is 10.9 Å². The van der Waals surface area contributed by atoms with Gasteiger partial charge in [0.15, 0.2) is 10.7 Å². The Labute approximate surface area is 184 Å². The number of aromatic nitrogens is 4. The average molecular weight is 434 g/mol. The van der Waals surface area contributed by atoms with Gasteiger partial charge in [0, 0.05) is 12.7 Å². The molecule has 7 nitrogen and oxygen atoms in total. The van der Waals surface area contributed by atoms with E-state index in [1.165, 1.54) is 17.3 Å². The van der Waals surface area contributed by atoms with Crippen LogP contribution in [0.1, 0.15) is 18.1 Å². The van der Waals surface area contributed by atoms with Gasteiger partial charge in [-0.2, -0.15) is 5.10 Å². The molecule has 2 heterocycles. The van der Waals surface area contributed by atoms with Crippen molar-refractivity contribution >= 4 is 34.4 Å². The first-order chi connectivity index (χ1) is 15.0. The number of anilines is 1. The molecule has 0 unspecified atom stereocenters. The number of benzene rings is 2. The number of nitrogens with one attached hydrogen (secondary N) is 1. The van der Waals surface area contributed by atoms with Gasteiger partial charge in [-0.05, 0) is 29.7 Å². The van der Waals surface area contributed by atoms with E-state index in [4.69, 9.17) is 0 Å². The van der Waals surface area contributed by atoms with E-state index in [1.54, 1.807) is 22.5 Å². The first-order valence-electron chi connectivity index (χ1n) is 10.0. The van der Waals surface area contributed by atoms with Gasteiger partial charge in [0.25, 0.3) is 5.56 Å². The van der Waals surface area contributed by atoms with E-state index in [0.717, 1.165) is 17.7 Å². The standard InChI is InChI=1S/C23H23N5O2S/c1-3-16-9-11-18(12-10-16)24-20(29)15-31-23-25-19-14-27(2)26-21(19)22(30)28(23)13-17-7-5-4-6-8-17/h4-12,14H,3,13,15H2,1-2H3,(H,24,29). The number of hydrogen-bond acceptors (Lipinski definition) is 5. The zero-order valence-electron chi connectivity index (χ0n) is 17.4. The average Bonchev–Trinajstić information content (AvgIpc) is 3.16. The fraction of sp³-hybridized carbons (Fsp3) is 0.217. The lowest BCUT2D eigenvalue weighted by Gasteiger charge is -2.12. The molecule has 0 saturated heterocycles. The number of nitrogens with zero attached hydrogens (tertiary/aromatic N) is 4. The first-order valence-corrected chi connectivity index (χ1v) is 11.0. The van der Waals surface area contributed by atoms with Crippen LogP contribution in [-0.4, -0.2) is 31.0 Å². The molecule has 31 heavy (non-hydrogen) atoms. The summed E-state index contributed by atoms with van der Waals surface area (Å²) in [7, 11) is 1.76. The van der Waals surface area contributed by atoms with Crippen LogP contribution in [0, 0.1) is 0 Å². The highest BCUT2D eigenvalue weighted by atomic mass is 32.2. The number of rotatable bonds is 7. The van der Waals surface area contributed by atoms with Crippen molar-refractivity contribution in [2.45, 2.75) is 25.0 Å². The second-order valence-corrected chi connectivity index (χ2v) is 8.14. The summed E-state index contributed by atoms with van der Waals surface area (Å²) in [4.78, 5) is 30.2. The van der Waals surface area contributed by atoms with Gasteiger partial charge in [-0.15, -0.1) is 0 Å². The predicted molar refractivity (Wildman–Crippen MR) is 123 cm³/mol. The molecule has 1 amide bonds. The molecule has 0 aliphatic rings. The van der Waals surface area contributed by atoms with Crippen LogP contribution in [0.4, 0.5) is 5.69 Å². The van der Waals surface area contributed by atoms with Crippen molar-refractivity contribution in [1.82, 2.24) is 19.3 Å². The smallest absolute Gasteiger partial charge is 0.282 e. The van der Waals surface area contributed by atoms with E-state index < -0.39 is 0 Å². The Hall–Kier alpha value is -3.39.